The van der Waals surface area contributed by atoms with E-state index >= 15 is 0 Å². The zero-order valence-electron chi connectivity index (χ0n) is 12.0. The van der Waals surface area contributed by atoms with E-state index in [1.165, 1.54) is 0 Å². The van der Waals surface area contributed by atoms with Gasteiger partial charge in [0.05, 0.1) is 6.04 Å². The van der Waals surface area contributed by atoms with Gasteiger partial charge in [-0.15, -0.1) is 12.4 Å². The first-order valence-corrected chi connectivity index (χ1v) is 8.05. The third-order valence-corrected chi connectivity index (χ3v) is 3.92. The van der Waals surface area contributed by atoms with Crippen LogP contribution in [0.2, 0.25) is 0 Å². The highest BCUT2D eigenvalue weighted by atomic mass is 35.5. The summed E-state index contributed by atoms with van der Waals surface area (Å²) in [6.45, 7) is 3.60. The Bertz CT molecular complexity index is 440. The van der Waals surface area contributed by atoms with Gasteiger partial charge >= 0.3 is 0 Å². The van der Waals surface area contributed by atoms with Gasteiger partial charge in [-0.2, -0.15) is 0 Å². The van der Waals surface area contributed by atoms with Crippen molar-refractivity contribution in [1.82, 2.24) is 5.32 Å². The maximum absolute atomic E-state index is 12.1. The highest BCUT2D eigenvalue weighted by Gasteiger charge is 2.22. The van der Waals surface area contributed by atoms with Gasteiger partial charge in [-0.05, 0) is 12.5 Å². The van der Waals surface area contributed by atoms with Crippen molar-refractivity contribution in [1.29, 1.82) is 0 Å². The average Bonchev–Trinajstić information content (AvgIpc) is 2.37. The lowest BCUT2D eigenvalue weighted by molar-refractivity contribution is -0.125. The number of benzene rings is 1. The van der Waals surface area contributed by atoms with Gasteiger partial charge < -0.3 is 11.1 Å². The molecule has 4 nitrogen and oxygen atoms in total. The van der Waals surface area contributed by atoms with Gasteiger partial charge in [0.25, 0.3) is 0 Å². The zero-order valence-corrected chi connectivity index (χ0v) is 13.7. The van der Waals surface area contributed by atoms with E-state index in [0.29, 0.717) is 5.75 Å². The van der Waals surface area contributed by atoms with Crippen LogP contribution < -0.4 is 11.1 Å². The molecule has 6 heteroatoms. The van der Waals surface area contributed by atoms with Gasteiger partial charge in [0.1, 0.15) is 0 Å². The molecule has 0 aliphatic rings. The van der Waals surface area contributed by atoms with E-state index in [9.17, 15) is 9.00 Å². The smallest absolute Gasteiger partial charge is 0.224 e. The molecule has 0 heterocycles. The number of carbonyl (C=O) groups excluding carboxylic acids is 1. The van der Waals surface area contributed by atoms with E-state index in [4.69, 9.17) is 5.73 Å². The Labute approximate surface area is 129 Å². The predicted octanol–water partition coefficient (Wildman–Crippen LogP) is 1.63. The minimum absolute atomic E-state index is 0. The van der Waals surface area contributed by atoms with Crippen molar-refractivity contribution in [3.63, 3.8) is 0 Å². The minimum atomic E-state index is -0.982. The molecule has 0 radical (unpaired) electrons. The molecule has 3 N–H and O–H groups in total. The lowest BCUT2D eigenvalue weighted by Crippen LogP contribution is -2.41. The number of hydrogen-bond acceptors (Lipinski definition) is 3. The SMILES string of the molecule is CC(N)C(C)C(=O)NC(CS(C)=O)c1ccccc1.Cl. The van der Waals surface area contributed by atoms with E-state index in [1.807, 2.05) is 30.3 Å². The maximum Gasteiger partial charge on any atom is 0.224 e. The normalized spacial score (nSPS) is 16.4. The Kier molecular flexibility index (Phi) is 8.69. The molecule has 0 aliphatic heterocycles. The lowest BCUT2D eigenvalue weighted by Gasteiger charge is -2.22. The molecule has 1 rings (SSSR count). The Hall–Kier alpha value is -0.910. The van der Waals surface area contributed by atoms with Crippen molar-refractivity contribution in [2.75, 3.05) is 12.0 Å². The standard InChI is InChI=1S/C14H22N2O2S.ClH/c1-10(11(2)15)14(17)16-13(9-19(3)18)12-7-5-4-6-8-12;/h4-8,10-11,13H,9,15H2,1-3H3,(H,16,17);1H. The van der Waals surface area contributed by atoms with Gasteiger partial charge in [-0.25, -0.2) is 0 Å². The quantitative estimate of drug-likeness (QED) is 0.837. The number of halogens is 1. The second kappa shape index (κ2) is 9.10. The van der Waals surface area contributed by atoms with Crippen LogP contribution in [0.1, 0.15) is 25.5 Å². The van der Waals surface area contributed by atoms with Gasteiger partial charge in [-0.3, -0.25) is 9.00 Å². The summed E-state index contributed by atoms with van der Waals surface area (Å²) in [5, 5.41) is 2.93. The molecule has 0 aliphatic carbocycles. The second-order valence-corrected chi connectivity index (χ2v) is 6.34. The molecule has 0 spiro atoms. The number of carbonyl (C=O) groups is 1. The molecule has 0 bridgehead atoms. The number of nitrogens with one attached hydrogen (secondary N) is 1. The van der Waals surface area contributed by atoms with Crippen LogP contribution >= 0.6 is 12.4 Å². The molecule has 0 saturated carbocycles. The summed E-state index contributed by atoms with van der Waals surface area (Å²) in [6, 6.07) is 9.13. The van der Waals surface area contributed by atoms with Crippen molar-refractivity contribution in [2.24, 2.45) is 11.7 Å². The van der Waals surface area contributed by atoms with E-state index in [-0.39, 0.29) is 36.3 Å². The third-order valence-electron chi connectivity index (χ3n) is 3.12. The van der Waals surface area contributed by atoms with Crippen molar-refractivity contribution in [3.8, 4) is 0 Å². The van der Waals surface area contributed by atoms with Crippen molar-refractivity contribution < 1.29 is 9.00 Å². The van der Waals surface area contributed by atoms with Crippen LogP contribution in [-0.4, -0.2) is 28.2 Å². The fourth-order valence-electron chi connectivity index (χ4n) is 1.68. The summed E-state index contributed by atoms with van der Waals surface area (Å²) in [5.74, 6) is 0.0346. The Morgan fingerprint density at radius 1 is 1.30 bits per heavy atom. The molecule has 4 atom stereocenters. The van der Waals surface area contributed by atoms with Gasteiger partial charge in [0.15, 0.2) is 0 Å². The van der Waals surface area contributed by atoms with E-state index in [2.05, 4.69) is 5.32 Å². The van der Waals surface area contributed by atoms with E-state index < -0.39 is 10.8 Å². The average molecular weight is 319 g/mol. The first-order chi connectivity index (χ1) is 8.91. The molecule has 114 valence electrons. The predicted molar refractivity (Wildman–Crippen MR) is 86.3 cm³/mol. The van der Waals surface area contributed by atoms with Crippen LogP contribution in [0, 0.1) is 5.92 Å². The van der Waals surface area contributed by atoms with Crippen LogP contribution in [0.3, 0.4) is 0 Å². The lowest BCUT2D eigenvalue weighted by atomic mass is 10.0. The highest BCUT2D eigenvalue weighted by Crippen LogP contribution is 2.15. The minimum Gasteiger partial charge on any atom is -0.348 e. The highest BCUT2D eigenvalue weighted by molar-refractivity contribution is 7.84. The number of nitrogens with two attached hydrogens (primary N) is 1. The molecular formula is C14H23ClN2O2S. The summed E-state index contributed by atoms with van der Waals surface area (Å²) in [5.41, 5.74) is 6.69. The van der Waals surface area contributed by atoms with Crippen molar-refractivity contribution in [3.05, 3.63) is 35.9 Å². The van der Waals surface area contributed by atoms with Crippen LogP contribution in [0.5, 0.6) is 0 Å². The largest absolute Gasteiger partial charge is 0.348 e. The molecule has 0 saturated heterocycles. The molecule has 4 unspecified atom stereocenters. The summed E-state index contributed by atoms with van der Waals surface area (Å²) >= 11 is 0. The van der Waals surface area contributed by atoms with Crippen LogP contribution in [0.15, 0.2) is 30.3 Å². The van der Waals surface area contributed by atoms with Crippen LogP contribution in [0.4, 0.5) is 0 Å². The fraction of sp³-hybridized carbons (Fsp3) is 0.500. The molecule has 1 aromatic carbocycles. The van der Waals surface area contributed by atoms with Gasteiger partial charge in [-0.1, -0.05) is 37.3 Å². The zero-order chi connectivity index (χ0) is 14.4. The summed E-state index contributed by atoms with van der Waals surface area (Å²) < 4.78 is 11.4. The third kappa shape index (κ3) is 6.03. The Balaban J connectivity index is 0.00000361. The molecule has 1 amide bonds. The molecule has 0 fully saturated rings. The van der Waals surface area contributed by atoms with Gasteiger partial charge in [0, 0.05) is 34.8 Å². The second-order valence-electron chi connectivity index (χ2n) is 4.86. The summed E-state index contributed by atoms with van der Waals surface area (Å²) in [4.78, 5) is 12.1. The summed E-state index contributed by atoms with van der Waals surface area (Å²) in [6.07, 6.45) is 1.64. The van der Waals surface area contributed by atoms with Crippen molar-refractivity contribution >= 4 is 29.1 Å². The number of rotatable bonds is 6. The van der Waals surface area contributed by atoms with Gasteiger partial charge in [0.2, 0.25) is 5.91 Å². The molecule has 0 aromatic heterocycles. The maximum atomic E-state index is 12.1. The Morgan fingerprint density at radius 2 is 1.85 bits per heavy atom. The fourth-order valence-corrected chi connectivity index (χ4v) is 2.43. The Morgan fingerprint density at radius 3 is 2.30 bits per heavy atom. The van der Waals surface area contributed by atoms with Crippen molar-refractivity contribution in [2.45, 2.75) is 25.9 Å². The van der Waals surface area contributed by atoms with E-state index in [0.717, 1.165) is 5.56 Å². The molecular weight excluding hydrogens is 296 g/mol. The number of amides is 1. The topological polar surface area (TPSA) is 72.2 Å². The molecule has 20 heavy (non-hydrogen) atoms. The first kappa shape index (κ1) is 19.1. The number of hydrogen-bond donors (Lipinski definition) is 2. The van der Waals surface area contributed by atoms with Crippen LogP contribution in [0.25, 0.3) is 0 Å². The monoisotopic (exact) mass is 318 g/mol. The van der Waals surface area contributed by atoms with Crippen LogP contribution in [-0.2, 0) is 15.6 Å². The summed E-state index contributed by atoms with van der Waals surface area (Å²) in [7, 11) is -0.982. The van der Waals surface area contributed by atoms with E-state index in [1.54, 1.807) is 20.1 Å². The first-order valence-electron chi connectivity index (χ1n) is 6.32. The molecule has 1 aromatic rings.